The van der Waals surface area contributed by atoms with Gasteiger partial charge in [0.15, 0.2) is 0 Å². The van der Waals surface area contributed by atoms with Gasteiger partial charge in [-0.1, -0.05) is 0 Å². The van der Waals surface area contributed by atoms with Crippen LogP contribution in [0.5, 0.6) is 0 Å². The van der Waals surface area contributed by atoms with Gasteiger partial charge in [-0.3, -0.25) is 4.79 Å². The highest BCUT2D eigenvalue weighted by Gasteiger charge is 2.18. The van der Waals surface area contributed by atoms with E-state index in [1.165, 1.54) is 0 Å². The van der Waals surface area contributed by atoms with Crippen LogP contribution in [0.4, 0.5) is 11.5 Å². The summed E-state index contributed by atoms with van der Waals surface area (Å²) in [6.45, 7) is 2.11. The van der Waals surface area contributed by atoms with Crippen molar-refractivity contribution in [2.75, 3.05) is 30.4 Å². The van der Waals surface area contributed by atoms with Crippen molar-refractivity contribution in [1.82, 2.24) is 15.3 Å². The Bertz CT molecular complexity index is 602. The van der Waals surface area contributed by atoms with E-state index < -0.39 is 0 Å². The number of hydrogen-bond donors (Lipinski definition) is 3. The molecule has 116 valence electrons. The predicted octanol–water partition coefficient (Wildman–Crippen LogP) is 1.85. The number of amides is 1. The number of aromatic amines is 1. The molecule has 0 saturated carbocycles. The molecule has 1 fully saturated rings. The van der Waals surface area contributed by atoms with Crippen LogP contribution in [0.15, 0.2) is 36.7 Å². The van der Waals surface area contributed by atoms with E-state index in [1.54, 1.807) is 24.5 Å². The lowest BCUT2D eigenvalue weighted by molar-refractivity contribution is 0.102. The summed E-state index contributed by atoms with van der Waals surface area (Å²) >= 11 is 0. The average molecular weight is 299 g/mol. The Kier molecular flexibility index (Phi) is 4.39. The van der Waals surface area contributed by atoms with E-state index in [0.717, 1.165) is 31.7 Å². The van der Waals surface area contributed by atoms with E-state index in [4.69, 9.17) is 0 Å². The monoisotopic (exact) mass is 299 g/mol. The number of nitrogens with one attached hydrogen (secondary N) is 3. The Morgan fingerprint density at radius 1 is 1.32 bits per heavy atom. The summed E-state index contributed by atoms with van der Waals surface area (Å²) in [4.78, 5) is 21.5. The summed E-state index contributed by atoms with van der Waals surface area (Å²) in [7, 11) is 2.08. The number of H-pyrrole nitrogens is 1. The van der Waals surface area contributed by atoms with Crippen LogP contribution in [-0.4, -0.2) is 42.1 Å². The SMILES string of the molecule is CN(c1ccc(NC(=O)c2ccc[nH]2)cn1)C1CCNCC1. The Morgan fingerprint density at radius 3 is 2.77 bits per heavy atom. The largest absolute Gasteiger partial charge is 0.357 e. The van der Waals surface area contributed by atoms with Crippen molar-refractivity contribution in [3.8, 4) is 0 Å². The van der Waals surface area contributed by atoms with Crippen molar-refractivity contribution in [3.63, 3.8) is 0 Å². The Morgan fingerprint density at radius 2 is 2.14 bits per heavy atom. The van der Waals surface area contributed by atoms with Crippen molar-refractivity contribution < 1.29 is 4.79 Å². The third-order valence-corrected chi connectivity index (χ3v) is 4.07. The van der Waals surface area contributed by atoms with E-state index in [9.17, 15) is 4.79 Å². The van der Waals surface area contributed by atoms with Crippen LogP contribution in [-0.2, 0) is 0 Å². The lowest BCUT2D eigenvalue weighted by Gasteiger charge is -2.32. The molecule has 1 amide bonds. The van der Waals surface area contributed by atoms with Crippen LogP contribution in [0.25, 0.3) is 0 Å². The van der Waals surface area contributed by atoms with Crippen LogP contribution < -0.4 is 15.5 Å². The molecular formula is C16H21N5O. The van der Waals surface area contributed by atoms with Gasteiger partial charge in [0.25, 0.3) is 5.91 Å². The molecule has 6 heteroatoms. The van der Waals surface area contributed by atoms with Crippen molar-refractivity contribution in [2.45, 2.75) is 18.9 Å². The maximum Gasteiger partial charge on any atom is 0.272 e. The first-order valence-electron chi connectivity index (χ1n) is 7.58. The van der Waals surface area contributed by atoms with E-state index >= 15 is 0 Å². The fourth-order valence-corrected chi connectivity index (χ4v) is 2.72. The van der Waals surface area contributed by atoms with Gasteiger partial charge in [-0.15, -0.1) is 0 Å². The number of carbonyl (C=O) groups excluding carboxylic acids is 1. The minimum Gasteiger partial charge on any atom is -0.357 e. The van der Waals surface area contributed by atoms with Crippen LogP contribution >= 0.6 is 0 Å². The number of nitrogens with zero attached hydrogens (tertiary/aromatic N) is 2. The zero-order valence-electron chi connectivity index (χ0n) is 12.7. The van der Waals surface area contributed by atoms with Crippen LogP contribution in [0.3, 0.4) is 0 Å². The maximum absolute atomic E-state index is 12.0. The number of rotatable bonds is 4. The molecule has 2 aromatic heterocycles. The Balaban J connectivity index is 1.63. The fraction of sp³-hybridized carbons (Fsp3) is 0.375. The number of carbonyl (C=O) groups is 1. The lowest BCUT2D eigenvalue weighted by Crippen LogP contribution is -2.41. The summed E-state index contributed by atoms with van der Waals surface area (Å²) in [5, 5.41) is 6.20. The second-order valence-electron chi connectivity index (χ2n) is 5.54. The van der Waals surface area contributed by atoms with Gasteiger partial charge in [0, 0.05) is 19.3 Å². The molecule has 6 nitrogen and oxygen atoms in total. The molecule has 3 rings (SSSR count). The van der Waals surface area contributed by atoms with E-state index in [-0.39, 0.29) is 5.91 Å². The summed E-state index contributed by atoms with van der Waals surface area (Å²) in [6, 6.07) is 7.90. The van der Waals surface area contributed by atoms with Gasteiger partial charge in [-0.2, -0.15) is 0 Å². The molecule has 22 heavy (non-hydrogen) atoms. The second kappa shape index (κ2) is 6.62. The third-order valence-electron chi connectivity index (χ3n) is 4.07. The third kappa shape index (κ3) is 3.28. The number of piperidine rings is 1. The first-order valence-corrected chi connectivity index (χ1v) is 7.58. The minimum absolute atomic E-state index is 0.161. The van der Waals surface area contributed by atoms with Gasteiger partial charge < -0.3 is 20.5 Å². The predicted molar refractivity (Wildman–Crippen MR) is 87.3 cm³/mol. The van der Waals surface area contributed by atoms with Crippen LogP contribution in [0.1, 0.15) is 23.3 Å². The normalized spacial score (nSPS) is 15.5. The second-order valence-corrected chi connectivity index (χ2v) is 5.54. The zero-order valence-corrected chi connectivity index (χ0v) is 12.7. The van der Waals surface area contributed by atoms with Crippen molar-refractivity contribution >= 4 is 17.4 Å². The van der Waals surface area contributed by atoms with E-state index in [1.807, 2.05) is 12.1 Å². The minimum atomic E-state index is -0.161. The molecule has 3 N–H and O–H groups in total. The van der Waals surface area contributed by atoms with Crippen molar-refractivity contribution in [1.29, 1.82) is 0 Å². The molecule has 1 saturated heterocycles. The molecular weight excluding hydrogens is 278 g/mol. The van der Waals surface area contributed by atoms with Crippen molar-refractivity contribution in [3.05, 3.63) is 42.4 Å². The van der Waals surface area contributed by atoms with Crippen LogP contribution in [0, 0.1) is 0 Å². The lowest BCUT2D eigenvalue weighted by atomic mass is 10.1. The molecule has 0 unspecified atom stereocenters. The van der Waals surface area contributed by atoms with Gasteiger partial charge >= 0.3 is 0 Å². The maximum atomic E-state index is 12.0. The highest BCUT2D eigenvalue weighted by molar-refractivity contribution is 6.02. The molecule has 1 aliphatic rings. The summed E-state index contributed by atoms with van der Waals surface area (Å²) in [5.41, 5.74) is 1.23. The van der Waals surface area contributed by atoms with E-state index in [2.05, 4.69) is 32.5 Å². The quantitative estimate of drug-likeness (QED) is 0.805. The molecule has 0 aromatic carbocycles. The standard InChI is InChI=1S/C16H21N5O/c1-21(13-6-9-17-10-7-13)15-5-4-12(11-19-15)20-16(22)14-3-2-8-18-14/h2-5,8,11,13,17-18H,6-7,9-10H2,1H3,(H,20,22). The van der Waals surface area contributed by atoms with Gasteiger partial charge in [0.05, 0.1) is 11.9 Å². The number of aromatic nitrogens is 2. The zero-order chi connectivity index (χ0) is 15.4. The Labute approximate surface area is 129 Å². The molecule has 0 aliphatic carbocycles. The molecule has 0 atom stereocenters. The number of hydrogen-bond acceptors (Lipinski definition) is 4. The van der Waals surface area contributed by atoms with Gasteiger partial charge in [-0.05, 0) is 50.2 Å². The smallest absolute Gasteiger partial charge is 0.272 e. The average Bonchev–Trinajstić information content (AvgIpc) is 3.10. The van der Waals surface area contributed by atoms with Crippen molar-refractivity contribution in [2.24, 2.45) is 0 Å². The summed E-state index contributed by atoms with van der Waals surface area (Å²) in [6.07, 6.45) is 5.69. The highest BCUT2D eigenvalue weighted by atomic mass is 16.1. The molecule has 3 heterocycles. The molecule has 2 aromatic rings. The molecule has 0 spiro atoms. The van der Waals surface area contributed by atoms with Gasteiger partial charge in [0.1, 0.15) is 11.5 Å². The molecule has 0 bridgehead atoms. The van der Waals surface area contributed by atoms with Gasteiger partial charge in [0.2, 0.25) is 0 Å². The number of pyridine rings is 1. The molecule has 0 radical (unpaired) electrons. The van der Waals surface area contributed by atoms with Gasteiger partial charge in [-0.25, -0.2) is 4.98 Å². The first-order chi connectivity index (χ1) is 10.7. The summed E-state index contributed by atoms with van der Waals surface area (Å²) < 4.78 is 0. The summed E-state index contributed by atoms with van der Waals surface area (Å²) in [5.74, 6) is 0.774. The highest BCUT2D eigenvalue weighted by Crippen LogP contribution is 2.19. The first kappa shape index (κ1) is 14.6. The van der Waals surface area contributed by atoms with Crippen LogP contribution in [0.2, 0.25) is 0 Å². The topological polar surface area (TPSA) is 73.0 Å². The van der Waals surface area contributed by atoms with E-state index in [0.29, 0.717) is 17.4 Å². The Hall–Kier alpha value is -2.34. The molecule has 1 aliphatic heterocycles. The fourth-order valence-electron chi connectivity index (χ4n) is 2.72. The number of anilines is 2.